The van der Waals surface area contributed by atoms with Gasteiger partial charge in [0, 0.05) is 12.1 Å². The highest BCUT2D eigenvalue weighted by Gasteiger charge is 2.17. The lowest BCUT2D eigenvalue weighted by Crippen LogP contribution is -2.30. The van der Waals surface area contributed by atoms with Gasteiger partial charge in [-0.15, -0.1) is 0 Å². The standard InChI is InChI=1S/C17H17ClN2O4S/c1-2-5-16(21)20-25(23,24)13-10-8-12(9-11-13)19-17(22)14-6-3-4-7-15(14)18/h3-4,6-11H,2,5H2,1H3,(H,19,22)(H,20,21). The number of carbonyl (C=O) groups is 2. The molecule has 2 aromatic rings. The first-order valence-electron chi connectivity index (χ1n) is 7.55. The molecule has 0 heterocycles. The molecule has 2 amide bonds. The van der Waals surface area contributed by atoms with Gasteiger partial charge in [-0.2, -0.15) is 0 Å². The Kier molecular flexibility index (Phi) is 6.17. The van der Waals surface area contributed by atoms with E-state index in [1.54, 1.807) is 31.2 Å². The maximum Gasteiger partial charge on any atom is 0.264 e. The summed E-state index contributed by atoms with van der Waals surface area (Å²) in [6, 6.07) is 12.1. The number of benzene rings is 2. The number of carbonyl (C=O) groups excluding carboxylic acids is 2. The molecule has 0 saturated carbocycles. The topological polar surface area (TPSA) is 92.3 Å². The Hall–Kier alpha value is -2.38. The summed E-state index contributed by atoms with van der Waals surface area (Å²) in [5.41, 5.74) is 0.719. The maximum absolute atomic E-state index is 12.2. The van der Waals surface area contributed by atoms with E-state index in [2.05, 4.69) is 5.32 Å². The summed E-state index contributed by atoms with van der Waals surface area (Å²) in [6.45, 7) is 1.78. The van der Waals surface area contributed by atoms with E-state index >= 15 is 0 Å². The third-order valence-corrected chi connectivity index (χ3v) is 4.98. The number of nitrogens with one attached hydrogen (secondary N) is 2. The van der Waals surface area contributed by atoms with Gasteiger partial charge in [0.1, 0.15) is 0 Å². The van der Waals surface area contributed by atoms with Crippen molar-refractivity contribution < 1.29 is 18.0 Å². The molecular formula is C17H17ClN2O4S. The average molecular weight is 381 g/mol. The Morgan fingerprint density at radius 3 is 2.28 bits per heavy atom. The van der Waals surface area contributed by atoms with Crippen molar-refractivity contribution in [2.75, 3.05) is 5.32 Å². The minimum Gasteiger partial charge on any atom is -0.322 e. The molecule has 8 heteroatoms. The van der Waals surface area contributed by atoms with Crippen LogP contribution in [0.2, 0.25) is 5.02 Å². The van der Waals surface area contributed by atoms with Crippen LogP contribution in [0.5, 0.6) is 0 Å². The summed E-state index contributed by atoms with van der Waals surface area (Å²) in [4.78, 5) is 23.6. The molecule has 25 heavy (non-hydrogen) atoms. The number of rotatable bonds is 6. The van der Waals surface area contributed by atoms with Gasteiger partial charge in [-0.3, -0.25) is 9.59 Å². The molecule has 0 aliphatic rings. The van der Waals surface area contributed by atoms with Crippen molar-refractivity contribution in [1.82, 2.24) is 4.72 Å². The van der Waals surface area contributed by atoms with E-state index in [-0.39, 0.29) is 11.3 Å². The van der Waals surface area contributed by atoms with Crippen molar-refractivity contribution in [3.05, 3.63) is 59.1 Å². The summed E-state index contributed by atoms with van der Waals surface area (Å²) in [7, 11) is -3.92. The second-order valence-corrected chi connectivity index (χ2v) is 7.33. The van der Waals surface area contributed by atoms with Crippen LogP contribution in [-0.4, -0.2) is 20.2 Å². The lowest BCUT2D eigenvalue weighted by atomic mass is 10.2. The molecular weight excluding hydrogens is 364 g/mol. The second kappa shape index (κ2) is 8.13. The van der Waals surface area contributed by atoms with Crippen LogP contribution < -0.4 is 10.0 Å². The largest absolute Gasteiger partial charge is 0.322 e. The Morgan fingerprint density at radius 1 is 1.04 bits per heavy atom. The van der Waals surface area contributed by atoms with Crippen molar-refractivity contribution in [3.63, 3.8) is 0 Å². The molecule has 0 atom stereocenters. The molecule has 0 radical (unpaired) electrons. The molecule has 0 fully saturated rings. The molecule has 2 N–H and O–H groups in total. The average Bonchev–Trinajstić information content (AvgIpc) is 2.55. The van der Waals surface area contributed by atoms with E-state index in [1.165, 1.54) is 24.3 Å². The number of halogens is 1. The SMILES string of the molecule is CCCC(=O)NS(=O)(=O)c1ccc(NC(=O)c2ccccc2Cl)cc1. The van der Waals surface area contributed by atoms with Gasteiger partial charge >= 0.3 is 0 Å². The van der Waals surface area contributed by atoms with Crippen LogP contribution >= 0.6 is 11.6 Å². The number of hydrogen-bond acceptors (Lipinski definition) is 4. The molecule has 6 nitrogen and oxygen atoms in total. The molecule has 2 rings (SSSR count). The number of sulfonamides is 1. The van der Waals surface area contributed by atoms with Gasteiger partial charge in [-0.1, -0.05) is 30.7 Å². The van der Waals surface area contributed by atoms with Crippen LogP contribution in [-0.2, 0) is 14.8 Å². The highest BCUT2D eigenvalue weighted by atomic mass is 35.5. The van der Waals surface area contributed by atoms with Crippen molar-refractivity contribution in [3.8, 4) is 0 Å². The van der Waals surface area contributed by atoms with Crippen molar-refractivity contribution >= 4 is 39.1 Å². The van der Waals surface area contributed by atoms with Gasteiger partial charge in [0.2, 0.25) is 5.91 Å². The third kappa shape index (κ3) is 5.04. The summed E-state index contributed by atoms with van der Waals surface area (Å²) >= 11 is 5.96. The lowest BCUT2D eigenvalue weighted by Gasteiger charge is -2.09. The smallest absolute Gasteiger partial charge is 0.264 e. The zero-order chi connectivity index (χ0) is 18.4. The highest BCUT2D eigenvalue weighted by Crippen LogP contribution is 2.18. The summed E-state index contributed by atoms with van der Waals surface area (Å²) < 4.78 is 26.2. The normalized spacial score (nSPS) is 11.0. The van der Waals surface area contributed by atoms with Gasteiger partial charge in [-0.25, -0.2) is 13.1 Å². The summed E-state index contributed by atoms with van der Waals surface area (Å²) in [5, 5.41) is 2.95. The van der Waals surface area contributed by atoms with Crippen LogP contribution in [0, 0.1) is 0 Å². The zero-order valence-electron chi connectivity index (χ0n) is 13.5. The van der Waals surface area contributed by atoms with Gasteiger partial charge in [-0.05, 0) is 42.8 Å². The molecule has 0 aromatic heterocycles. The van der Waals surface area contributed by atoms with E-state index in [4.69, 9.17) is 11.6 Å². The van der Waals surface area contributed by atoms with Crippen LogP contribution in [0.4, 0.5) is 5.69 Å². The second-order valence-electron chi connectivity index (χ2n) is 5.24. The van der Waals surface area contributed by atoms with Crippen LogP contribution in [0.3, 0.4) is 0 Å². The van der Waals surface area contributed by atoms with E-state index in [0.29, 0.717) is 22.7 Å². The zero-order valence-corrected chi connectivity index (χ0v) is 15.0. The molecule has 2 aromatic carbocycles. The highest BCUT2D eigenvalue weighted by molar-refractivity contribution is 7.90. The Balaban J connectivity index is 2.11. The third-order valence-electron chi connectivity index (χ3n) is 3.27. The van der Waals surface area contributed by atoms with Crippen molar-refractivity contribution in [2.45, 2.75) is 24.7 Å². The molecule has 132 valence electrons. The van der Waals surface area contributed by atoms with Crippen LogP contribution in [0.1, 0.15) is 30.1 Å². The minimum atomic E-state index is -3.92. The van der Waals surface area contributed by atoms with Crippen molar-refractivity contribution in [1.29, 1.82) is 0 Å². The molecule has 0 aliphatic heterocycles. The number of anilines is 1. The predicted molar refractivity (Wildman–Crippen MR) is 96.1 cm³/mol. The van der Waals surface area contributed by atoms with Crippen molar-refractivity contribution in [2.24, 2.45) is 0 Å². The van der Waals surface area contributed by atoms with E-state index in [9.17, 15) is 18.0 Å². The molecule has 0 unspecified atom stereocenters. The summed E-state index contributed by atoms with van der Waals surface area (Å²) in [5.74, 6) is -0.962. The first-order chi connectivity index (χ1) is 11.8. The number of amides is 2. The van der Waals surface area contributed by atoms with Gasteiger partial charge in [0.15, 0.2) is 0 Å². The van der Waals surface area contributed by atoms with E-state index < -0.39 is 21.8 Å². The fourth-order valence-electron chi connectivity index (χ4n) is 2.05. The molecule has 0 aliphatic carbocycles. The molecule has 0 bridgehead atoms. The van der Waals surface area contributed by atoms with Gasteiger partial charge in [0.25, 0.3) is 15.9 Å². The van der Waals surface area contributed by atoms with Crippen LogP contribution in [0.15, 0.2) is 53.4 Å². The summed E-state index contributed by atoms with van der Waals surface area (Å²) in [6.07, 6.45) is 0.680. The van der Waals surface area contributed by atoms with Gasteiger partial charge < -0.3 is 5.32 Å². The van der Waals surface area contributed by atoms with Gasteiger partial charge in [0.05, 0.1) is 15.5 Å². The fraction of sp³-hybridized carbons (Fsp3) is 0.176. The predicted octanol–water partition coefficient (Wildman–Crippen LogP) is 3.20. The van der Waals surface area contributed by atoms with E-state index in [1.807, 2.05) is 4.72 Å². The van der Waals surface area contributed by atoms with Crippen LogP contribution in [0.25, 0.3) is 0 Å². The fourth-order valence-corrected chi connectivity index (χ4v) is 3.28. The monoisotopic (exact) mass is 380 g/mol. The number of hydrogen-bond donors (Lipinski definition) is 2. The minimum absolute atomic E-state index is 0.0623. The maximum atomic E-state index is 12.2. The quantitative estimate of drug-likeness (QED) is 0.804. The van der Waals surface area contributed by atoms with E-state index in [0.717, 1.165) is 0 Å². The Morgan fingerprint density at radius 2 is 1.68 bits per heavy atom. The lowest BCUT2D eigenvalue weighted by molar-refractivity contribution is -0.119. The molecule has 0 saturated heterocycles. The first-order valence-corrected chi connectivity index (χ1v) is 9.41. The Labute approximate surface area is 151 Å². The Bertz CT molecular complexity index is 880. The first kappa shape index (κ1) is 19.0. The molecule has 0 spiro atoms.